The van der Waals surface area contributed by atoms with Crippen LogP contribution in [0.25, 0.3) is 10.3 Å². The predicted molar refractivity (Wildman–Crippen MR) is 84.3 cm³/mol. The van der Waals surface area contributed by atoms with Gasteiger partial charge in [0, 0.05) is 19.3 Å². The quantitative estimate of drug-likeness (QED) is 0.718. The molecule has 0 N–H and O–H groups in total. The Kier molecular flexibility index (Phi) is 3.53. The summed E-state index contributed by atoms with van der Waals surface area (Å²) in [6.07, 6.45) is 3.58. The number of carbonyl (C=O) groups excluding carboxylic acids is 1. The van der Waals surface area contributed by atoms with Gasteiger partial charge in [0.1, 0.15) is 10.3 Å². The van der Waals surface area contributed by atoms with E-state index in [1.165, 1.54) is 11.3 Å². The summed E-state index contributed by atoms with van der Waals surface area (Å²) >= 11 is 1.34. The molecule has 1 atom stereocenters. The van der Waals surface area contributed by atoms with Crippen molar-refractivity contribution in [2.75, 3.05) is 13.1 Å². The Bertz CT molecular complexity index is 825. The Hall–Kier alpha value is -2.35. The lowest BCUT2D eigenvalue weighted by molar-refractivity contribution is 0.0695. The highest BCUT2D eigenvalue weighted by Crippen LogP contribution is 2.28. The van der Waals surface area contributed by atoms with Crippen molar-refractivity contribution in [3.05, 3.63) is 35.1 Å². The van der Waals surface area contributed by atoms with Crippen molar-refractivity contribution in [1.29, 1.82) is 0 Å². The van der Waals surface area contributed by atoms with Gasteiger partial charge >= 0.3 is 0 Å². The molecule has 0 radical (unpaired) electrons. The first-order valence-corrected chi connectivity index (χ1v) is 8.33. The number of fused-ring (bicyclic) bond motifs is 1. The van der Waals surface area contributed by atoms with Crippen LogP contribution in [0.5, 0.6) is 0 Å². The van der Waals surface area contributed by atoms with Crippen molar-refractivity contribution in [3.8, 4) is 0 Å². The summed E-state index contributed by atoms with van der Waals surface area (Å²) in [5.41, 5.74) is 0.766. The fourth-order valence-electron chi connectivity index (χ4n) is 2.84. The zero-order valence-corrected chi connectivity index (χ0v) is 13.4. The van der Waals surface area contributed by atoms with Crippen LogP contribution in [0.3, 0.4) is 0 Å². The van der Waals surface area contributed by atoms with Crippen molar-refractivity contribution >= 4 is 27.6 Å². The number of nitrogens with zero attached hydrogens (tertiary/aromatic N) is 5. The first-order chi connectivity index (χ1) is 11.2. The maximum Gasteiger partial charge on any atom is 0.282 e. The minimum absolute atomic E-state index is 0.0473. The number of rotatable bonds is 2. The molecule has 1 saturated heterocycles. The topological polar surface area (TPSA) is 85.0 Å². The smallest absolute Gasteiger partial charge is 0.282 e. The van der Waals surface area contributed by atoms with Crippen LogP contribution in [-0.2, 0) is 0 Å². The maximum atomic E-state index is 12.7. The molecule has 3 aromatic heterocycles. The fraction of sp³-hybridized carbons (Fsp3) is 0.400. The van der Waals surface area contributed by atoms with Gasteiger partial charge in [-0.25, -0.2) is 9.97 Å². The minimum atomic E-state index is -0.0473. The lowest BCUT2D eigenvalue weighted by Crippen LogP contribution is -2.39. The fourth-order valence-corrected chi connectivity index (χ4v) is 3.71. The average molecular weight is 329 g/mol. The normalized spacial score (nSPS) is 18.5. The van der Waals surface area contributed by atoms with Crippen LogP contribution in [0.4, 0.5) is 0 Å². The van der Waals surface area contributed by atoms with E-state index in [1.54, 1.807) is 13.1 Å². The highest BCUT2D eigenvalue weighted by Gasteiger charge is 2.30. The van der Waals surface area contributed by atoms with Crippen LogP contribution >= 0.6 is 11.3 Å². The molecule has 0 spiro atoms. The van der Waals surface area contributed by atoms with Gasteiger partial charge in [-0.3, -0.25) is 4.79 Å². The minimum Gasteiger partial charge on any atom is -0.339 e. The first kappa shape index (κ1) is 14.3. The molecule has 7 nitrogen and oxygen atoms in total. The summed E-state index contributed by atoms with van der Waals surface area (Å²) in [5, 5.41) is 4.33. The number of piperidine rings is 1. The van der Waals surface area contributed by atoms with E-state index in [0.717, 1.165) is 29.7 Å². The van der Waals surface area contributed by atoms with E-state index in [2.05, 4.69) is 20.1 Å². The highest BCUT2D eigenvalue weighted by atomic mass is 32.1. The Morgan fingerprint density at radius 3 is 3.13 bits per heavy atom. The third-order valence-corrected chi connectivity index (χ3v) is 4.92. The summed E-state index contributed by atoms with van der Waals surface area (Å²) in [4.78, 5) is 28.3. The van der Waals surface area contributed by atoms with Crippen LogP contribution in [0.1, 0.15) is 40.3 Å². The van der Waals surface area contributed by atoms with E-state index < -0.39 is 0 Å². The summed E-state index contributed by atoms with van der Waals surface area (Å²) < 4.78 is 5.26. The van der Waals surface area contributed by atoms with E-state index in [9.17, 15) is 4.79 Å². The lowest BCUT2D eigenvalue weighted by atomic mass is 9.98. The van der Waals surface area contributed by atoms with Gasteiger partial charge < -0.3 is 9.42 Å². The Morgan fingerprint density at radius 1 is 1.43 bits per heavy atom. The average Bonchev–Trinajstić information content (AvgIpc) is 3.20. The number of amides is 1. The molecule has 0 aliphatic carbocycles. The van der Waals surface area contributed by atoms with Gasteiger partial charge in [-0.15, -0.1) is 0 Å². The molecule has 118 valence electrons. The van der Waals surface area contributed by atoms with Gasteiger partial charge in [0.15, 0.2) is 10.8 Å². The molecule has 4 heterocycles. The van der Waals surface area contributed by atoms with Gasteiger partial charge in [-0.2, -0.15) is 4.98 Å². The van der Waals surface area contributed by atoms with Gasteiger partial charge in [-0.1, -0.05) is 16.5 Å². The van der Waals surface area contributed by atoms with Crippen molar-refractivity contribution in [1.82, 2.24) is 25.0 Å². The Morgan fingerprint density at radius 2 is 2.35 bits per heavy atom. The number of hydrogen-bond acceptors (Lipinski definition) is 7. The summed E-state index contributed by atoms with van der Waals surface area (Å²) in [6.45, 7) is 3.11. The van der Waals surface area contributed by atoms with Crippen LogP contribution in [0.2, 0.25) is 0 Å². The number of hydrogen-bond donors (Lipinski definition) is 0. The Balaban J connectivity index is 1.55. The molecular weight excluding hydrogens is 314 g/mol. The molecule has 3 aromatic rings. The molecule has 0 saturated carbocycles. The second-order valence-corrected chi connectivity index (χ2v) is 6.59. The van der Waals surface area contributed by atoms with E-state index in [4.69, 9.17) is 4.52 Å². The number of thiazole rings is 1. The number of likely N-dealkylation sites (tertiary alicyclic amines) is 1. The van der Waals surface area contributed by atoms with E-state index >= 15 is 0 Å². The molecule has 0 aromatic carbocycles. The van der Waals surface area contributed by atoms with E-state index in [-0.39, 0.29) is 11.8 Å². The van der Waals surface area contributed by atoms with Crippen molar-refractivity contribution in [2.45, 2.75) is 25.7 Å². The summed E-state index contributed by atoms with van der Waals surface area (Å²) in [7, 11) is 0. The molecule has 23 heavy (non-hydrogen) atoms. The number of aromatic nitrogens is 4. The third kappa shape index (κ3) is 2.70. The van der Waals surface area contributed by atoms with Gasteiger partial charge in [0.25, 0.3) is 5.91 Å². The Labute approximate surface area is 136 Å². The van der Waals surface area contributed by atoms with Gasteiger partial charge in [-0.05, 0) is 31.9 Å². The molecule has 0 bridgehead atoms. The zero-order chi connectivity index (χ0) is 15.8. The standard InChI is InChI=1S/C15H15N5O2S/c1-9-17-12(22-19-9)10-4-3-7-20(8-10)15(21)14-18-11-5-2-6-16-13(11)23-14/h2,5-6,10H,3-4,7-8H2,1H3/t10-/m1/s1. The molecule has 1 fully saturated rings. The third-order valence-electron chi connectivity index (χ3n) is 3.95. The predicted octanol–water partition coefficient (Wildman–Crippen LogP) is 2.40. The molecule has 8 heteroatoms. The summed E-state index contributed by atoms with van der Waals surface area (Å²) in [5.74, 6) is 1.29. The lowest BCUT2D eigenvalue weighted by Gasteiger charge is -2.30. The largest absolute Gasteiger partial charge is 0.339 e. The molecule has 1 aliphatic rings. The second-order valence-electron chi connectivity index (χ2n) is 5.62. The van der Waals surface area contributed by atoms with Gasteiger partial charge in [0.2, 0.25) is 5.89 Å². The zero-order valence-electron chi connectivity index (χ0n) is 12.6. The van der Waals surface area contributed by atoms with Crippen LogP contribution in [0.15, 0.2) is 22.9 Å². The SMILES string of the molecule is Cc1noc([C@@H]2CCCN(C(=O)c3nc4cccnc4s3)C2)n1. The van der Waals surface area contributed by atoms with Crippen LogP contribution in [-0.4, -0.2) is 44.0 Å². The van der Waals surface area contributed by atoms with Crippen LogP contribution in [0, 0.1) is 6.92 Å². The molecule has 1 amide bonds. The molecule has 4 rings (SSSR count). The molecular formula is C15H15N5O2S. The number of pyridine rings is 1. The first-order valence-electron chi connectivity index (χ1n) is 7.52. The highest BCUT2D eigenvalue weighted by molar-refractivity contribution is 7.19. The monoisotopic (exact) mass is 329 g/mol. The van der Waals surface area contributed by atoms with Gasteiger partial charge in [0.05, 0.1) is 5.92 Å². The van der Waals surface area contributed by atoms with E-state index in [0.29, 0.717) is 23.3 Å². The van der Waals surface area contributed by atoms with Crippen LogP contribution < -0.4 is 0 Å². The number of carbonyl (C=O) groups is 1. The van der Waals surface area contributed by atoms with Crippen molar-refractivity contribution < 1.29 is 9.32 Å². The summed E-state index contributed by atoms with van der Waals surface area (Å²) in [6, 6.07) is 3.70. The molecule has 1 aliphatic heterocycles. The molecule has 0 unspecified atom stereocenters. The second kappa shape index (κ2) is 5.69. The number of aryl methyl sites for hydroxylation is 1. The van der Waals surface area contributed by atoms with E-state index in [1.807, 2.05) is 17.0 Å². The van der Waals surface area contributed by atoms with Crippen molar-refractivity contribution in [2.24, 2.45) is 0 Å². The maximum absolute atomic E-state index is 12.7. The van der Waals surface area contributed by atoms with Crippen molar-refractivity contribution in [3.63, 3.8) is 0 Å².